The van der Waals surface area contributed by atoms with Crippen LogP contribution in [0.1, 0.15) is 49.4 Å². The summed E-state index contributed by atoms with van der Waals surface area (Å²) in [4.78, 5) is 34.4. The van der Waals surface area contributed by atoms with Crippen molar-refractivity contribution < 1.29 is 14.3 Å². The highest BCUT2D eigenvalue weighted by molar-refractivity contribution is 5.95. The molecule has 37 heavy (non-hydrogen) atoms. The number of para-hydroxylation sites is 1. The number of nitrogens with zero attached hydrogens (tertiary/aromatic N) is 3. The lowest BCUT2D eigenvalue weighted by atomic mass is 10.1. The van der Waals surface area contributed by atoms with Gasteiger partial charge in [-0.1, -0.05) is 32.0 Å². The molecule has 0 aliphatic heterocycles. The highest BCUT2D eigenvalue weighted by Gasteiger charge is 2.28. The fraction of sp³-hybridized carbons (Fsp3) is 0.300. The molecule has 0 bridgehead atoms. The summed E-state index contributed by atoms with van der Waals surface area (Å²) in [5, 5.41) is 0.516. The highest BCUT2D eigenvalue weighted by atomic mass is 16.5. The van der Waals surface area contributed by atoms with Gasteiger partial charge in [-0.3, -0.25) is 14.2 Å². The Bertz CT molecular complexity index is 1440. The third-order valence-electron chi connectivity index (χ3n) is 6.50. The molecule has 0 aliphatic carbocycles. The summed E-state index contributed by atoms with van der Waals surface area (Å²) in [6.45, 7) is 6.69. The molecule has 1 unspecified atom stereocenters. The van der Waals surface area contributed by atoms with E-state index in [0.29, 0.717) is 51.9 Å². The number of benzene rings is 3. The van der Waals surface area contributed by atoms with Crippen molar-refractivity contribution in [1.82, 2.24) is 14.5 Å². The largest absolute Gasteiger partial charge is 0.497 e. The minimum atomic E-state index is -0.489. The second-order valence-corrected chi connectivity index (χ2v) is 9.41. The molecule has 0 saturated carbocycles. The van der Waals surface area contributed by atoms with Crippen LogP contribution in [0.4, 0.5) is 0 Å². The topological polar surface area (TPSA) is 73.7 Å². The zero-order valence-corrected chi connectivity index (χ0v) is 22.0. The Hall–Kier alpha value is -4.13. The van der Waals surface area contributed by atoms with Crippen molar-refractivity contribution in [3.63, 3.8) is 0 Å². The molecule has 192 valence electrons. The molecule has 0 aliphatic rings. The van der Waals surface area contributed by atoms with Crippen LogP contribution in [0.15, 0.2) is 77.6 Å². The second kappa shape index (κ2) is 11.3. The molecule has 1 atom stereocenters. The summed E-state index contributed by atoms with van der Waals surface area (Å²) in [5.74, 6) is 2.04. The highest BCUT2D eigenvalue weighted by Crippen LogP contribution is 2.27. The number of rotatable bonds is 9. The Labute approximate surface area is 217 Å². The molecule has 1 heterocycles. The van der Waals surface area contributed by atoms with E-state index in [2.05, 4.69) is 13.8 Å². The molecule has 0 saturated heterocycles. The summed E-state index contributed by atoms with van der Waals surface area (Å²) in [5.41, 5.74) is 1.59. The molecular weight excluding hydrogens is 466 g/mol. The number of carbonyl (C=O) groups excluding carboxylic acids is 1. The maximum atomic E-state index is 13.9. The van der Waals surface area contributed by atoms with Gasteiger partial charge in [-0.2, -0.15) is 0 Å². The lowest BCUT2D eigenvalue weighted by Gasteiger charge is -2.31. The SMILES string of the molecule is COc1ccc(-n2c(C(C)N(CCC(C)C)C(=O)c3cccc(OC)c3)nc3ccccc3c2=O)cc1. The van der Waals surface area contributed by atoms with Gasteiger partial charge in [-0.15, -0.1) is 0 Å². The summed E-state index contributed by atoms with van der Waals surface area (Å²) in [6, 6.07) is 21.2. The van der Waals surface area contributed by atoms with Crippen LogP contribution in [0.2, 0.25) is 0 Å². The van der Waals surface area contributed by atoms with Crippen molar-refractivity contribution in [3.05, 3.63) is 94.5 Å². The van der Waals surface area contributed by atoms with Crippen LogP contribution in [0.5, 0.6) is 11.5 Å². The van der Waals surface area contributed by atoms with Gasteiger partial charge in [0, 0.05) is 12.1 Å². The molecule has 1 aromatic heterocycles. The predicted molar refractivity (Wildman–Crippen MR) is 146 cm³/mol. The van der Waals surface area contributed by atoms with E-state index in [0.717, 1.165) is 6.42 Å². The molecule has 1 amide bonds. The van der Waals surface area contributed by atoms with E-state index in [9.17, 15) is 9.59 Å². The molecule has 4 aromatic rings. The average Bonchev–Trinajstić information content (AvgIpc) is 2.92. The number of methoxy groups -OCH3 is 2. The summed E-state index contributed by atoms with van der Waals surface area (Å²) < 4.78 is 12.3. The molecule has 4 rings (SSSR count). The van der Waals surface area contributed by atoms with Crippen LogP contribution in [0, 0.1) is 5.92 Å². The number of amides is 1. The average molecular weight is 500 g/mol. The normalized spacial score (nSPS) is 11.9. The smallest absolute Gasteiger partial charge is 0.266 e. The minimum Gasteiger partial charge on any atom is -0.497 e. The van der Waals surface area contributed by atoms with Crippen LogP contribution in [0.3, 0.4) is 0 Å². The lowest BCUT2D eigenvalue weighted by molar-refractivity contribution is 0.0671. The standard InChI is InChI=1S/C30H33N3O4/c1-20(2)17-18-32(29(34)22-9-8-10-25(19-22)37-5)21(3)28-31-27-12-7-6-11-26(27)30(35)33(28)23-13-15-24(36-4)16-14-23/h6-16,19-21H,17-18H2,1-5H3. The van der Waals surface area contributed by atoms with Gasteiger partial charge in [0.1, 0.15) is 17.3 Å². The Morgan fingerprint density at radius 3 is 2.30 bits per heavy atom. The number of carbonyl (C=O) groups is 1. The lowest BCUT2D eigenvalue weighted by Crippen LogP contribution is -2.38. The van der Waals surface area contributed by atoms with Crippen LogP contribution >= 0.6 is 0 Å². The Kier molecular flexibility index (Phi) is 7.92. The maximum absolute atomic E-state index is 13.9. The number of aromatic nitrogens is 2. The molecule has 7 nitrogen and oxygen atoms in total. The molecule has 7 heteroatoms. The first-order valence-corrected chi connectivity index (χ1v) is 12.4. The quantitative estimate of drug-likeness (QED) is 0.297. The van der Waals surface area contributed by atoms with Crippen LogP contribution < -0.4 is 15.0 Å². The zero-order chi connectivity index (χ0) is 26.5. The van der Waals surface area contributed by atoms with Crippen molar-refractivity contribution >= 4 is 16.8 Å². The summed E-state index contributed by atoms with van der Waals surface area (Å²) in [7, 11) is 3.18. The van der Waals surface area contributed by atoms with Crippen molar-refractivity contribution in [2.75, 3.05) is 20.8 Å². The van der Waals surface area contributed by atoms with Crippen molar-refractivity contribution in [3.8, 4) is 17.2 Å². The van der Waals surface area contributed by atoms with Gasteiger partial charge in [0.15, 0.2) is 0 Å². The molecule has 0 N–H and O–H groups in total. The number of hydrogen-bond donors (Lipinski definition) is 0. The van der Waals surface area contributed by atoms with Gasteiger partial charge in [0.25, 0.3) is 11.5 Å². The Morgan fingerprint density at radius 1 is 0.919 bits per heavy atom. The number of ether oxygens (including phenoxy) is 2. The van der Waals surface area contributed by atoms with Crippen molar-refractivity contribution in [2.24, 2.45) is 5.92 Å². The van der Waals surface area contributed by atoms with E-state index in [1.165, 1.54) is 0 Å². The van der Waals surface area contributed by atoms with E-state index in [4.69, 9.17) is 14.5 Å². The van der Waals surface area contributed by atoms with Gasteiger partial charge in [0.2, 0.25) is 0 Å². The number of hydrogen-bond acceptors (Lipinski definition) is 5. The Morgan fingerprint density at radius 2 is 1.62 bits per heavy atom. The Balaban J connectivity index is 1.88. The third-order valence-corrected chi connectivity index (χ3v) is 6.50. The summed E-state index contributed by atoms with van der Waals surface area (Å²) in [6.07, 6.45) is 0.806. The van der Waals surface area contributed by atoms with E-state index in [-0.39, 0.29) is 11.5 Å². The van der Waals surface area contributed by atoms with E-state index in [1.54, 1.807) is 48.0 Å². The zero-order valence-electron chi connectivity index (χ0n) is 22.0. The van der Waals surface area contributed by atoms with Crippen LogP contribution in [-0.2, 0) is 0 Å². The fourth-order valence-electron chi connectivity index (χ4n) is 4.34. The predicted octanol–water partition coefficient (Wildman–Crippen LogP) is 5.65. The van der Waals surface area contributed by atoms with Crippen molar-refractivity contribution in [2.45, 2.75) is 33.2 Å². The second-order valence-electron chi connectivity index (χ2n) is 9.41. The first-order chi connectivity index (χ1) is 17.8. The maximum Gasteiger partial charge on any atom is 0.266 e. The monoisotopic (exact) mass is 499 g/mol. The first-order valence-electron chi connectivity index (χ1n) is 12.4. The number of fused-ring (bicyclic) bond motifs is 1. The van der Waals surface area contributed by atoms with Crippen LogP contribution in [-0.4, -0.2) is 41.1 Å². The van der Waals surface area contributed by atoms with Gasteiger partial charge in [0.05, 0.1) is 36.9 Å². The fourth-order valence-corrected chi connectivity index (χ4v) is 4.34. The molecule has 3 aromatic carbocycles. The molecule has 0 fully saturated rings. The molecule has 0 spiro atoms. The molecule has 0 radical (unpaired) electrons. The molecular formula is C30H33N3O4. The van der Waals surface area contributed by atoms with Gasteiger partial charge in [-0.25, -0.2) is 4.98 Å². The van der Waals surface area contributed by atoms with E-state index < -0.39 is 6.04 Å². The first kappa shape index (κ1) is 25.9. The third kappa shape index (κ3) is 5.50. The van der Waals surface area contributed by atoms with Gasteiger partial charge in [-0.05, 0) is 73.9 Å². The minimum absolute atomic E-state index is 0.143. The van der Waals surface area contributed by atoms with E-state index >= 15 is 0 Å². The van der Waals surface area contributed by atoms with Crippen molar-refractivity contribution in [1.29, 1.82) is 0 Å². The summed E-state index contributed by atoms with van der Waals surface area (Å²) >= 11 is 0. The van der Waals surface area contributed by atoms with Gasteiger partial charge < -0.3 is 14.4 Å². The van der Waals surface area contributed by atoms with Crippen LogP contribution in [0.25, 0.3) is 16.6 Å². The van der Waals surface area contributed by atoms with E-state index in [1.807, 2.05) is 55.5 Å². The van der Waals surface area contributed by atoms with Gasteiger partial charge >= 0.3 is 0 Å².